The minimum absolute atomic E-state index is 0.0502. The van der Waals surface area contributed by atoms with Crippen LogP contribution in [-0.2, 0) is 4.79 Å². The van der Waals surface area contributed by atoms with Crippen LogP contribution < -0.4 is 15.0 Å². The molecule has 0 saturated carbocycles. The summed E-state index contributed by atoms with van der Waals surface area (Å²) in [6.45, 7) is 3.35. The Hall–Kier alpha value is -1.55. The van der Waals surface area contributed by atoms with Gasteiger partial charge in [-0.3, -0.25) is 4.79 Å². The van der Waals surface area contributed by atoms with Gasteiger partial charge in [0.25, 0.3) is 0 Å². The Kier molecular flexibility index (Phi) is 3.64. The average molecular weight is 234 g/mol. The second kappa shape index (κ2) is 5.19. The molecule has 1 heterocycles. The normalized spacial score (nSPS) is 19.8. The number of nitrogens with zero attached hydrogens (tertiary/aromatic N) is 1. The van der Waals surface area contributed by atoms with Crippen LogP contribution >= 0.6 is 0 Å². The lowest BCUT2D eigenvalue weighted by Crippen LogP contribution is -2.36. The van der Waals surface area contributed by atoms with Gasteiger partial charge in [0.1, 0.15) is 5.75 Å². The van der Waals surface area contributed by atoms with Crippen molar-refractivity contribution >= 4 is 11.6 Å². The standard InChI is InChI=1S/C13H18N2O2/c1-3-17-11-6-4-5-10(9-11)15-8-7-12(14-2)13(15)16/h4-6,9,12,14H,3,7-8H2,1-2H3. The van der Waals surface area contributed by atoms with Crippen molar-refractivity contribution in [2.75, 3.05) is 25.1 Å². The van der Waals surface area contributed by atoms with Gasteiger partial charge in [0, 0.05) is 18.3 Å². The van der Waals surface area contributed by atoms with E-state index in [9.17, 15) is 4.79 Å². The first-order chi connectivity index (χ1) is 8.26. The van der Waals surface area contributed by atoms with Gasteiger partial charge in [0.15, 0.2) is 0 Å². The summed E-state index contributed by atoms with van der Waals surface area (Å²) in [5.41, 5.74) is 0.915. The highest BCUT2D eigenvalue weighted by Crippen LogP contribution is 2.25. The molecule has 1 saturated heterocycles. The molecule has 0 aromatic heterocycles. The van der Waals surface area contributed by atoms with Crippen molar-refractivity contribution in [2.45, 2.75) is 19.4 Å². The minimum Gasteiger partial charge on any atom is -0.494 e. The van der Waals surface area contributed by atoms with Crippen LogP contribution in [0.15, 0.2) is 24.3 Å². The number of amides is 1. The molecule has 1 unspecified atom stereocenters. The third-order valence-electron chi connectivity index (χ3n) is 2.99. The molecule has 1 fully saturated rings. The molecule has 4 nitrogen and oxygen atoms in total. The molecule has 4 heteroatoms. The van der Waals surface area contributed by atoms with Gasteiger partial charge < -0.3 is 15.0 Å². The van der Waals surface area contributed by atoms with Crippen molar-refractivity contribution in [2.24, 2.45) is 0 Å². The largest absolute Gasteiger partial charge is 0.494 e. The van der Waals surface area contributed by atoms with Gasteiger partial charge in [-0.05, 0) is 32.5 Å². The molecule has 1 aliphatic heterocycles. The molecule has 2 rings (SSSR count). The van der Waals surface area contributed by atoms with Crippen molar-refractivity contribution in [3.05, 3.63) is 24.3 Å². The molecule has 0 spiro atoms. The molecular weight excluding hydrogens is 216 g/mol. The second-order valence-electron chi connectivity index (χ2n) is 4.05. The van der Waals surface area contributed by atoms with Crippen LogP contribution in [0.1, 0.15) is 13.3 Å². The predicted octanol–water partition coefficient (Wildman–Crippen LogP) is 1.41. The molecule has 1 aliphatic rings. The van der Waals surface area contributed by atoms with Gasteiger partial charge in [-0.15, -0.1) is 0 Å². The Balaban J connectivity index is 2.17. The zero-order chi connectivity index (χ0) is 12.3. The summed E-state index contributed by atoms with van der Waals surface area (Å²) in [6, 6.07) is 7.63. The van der Waals surface area contributed by atoms with Crippen LogP contribution in [-0.4, -0.2) is 32.1 Å². The van der Waals surface area contributed by atoms with Gasteiger partial charge in [-0.2, -0.15) is 0 Å². The highest BCUT2D eigenvalue weighted by molar-refractivity contribution is 5.99. The number of likely N-dealkylation sites (N-methyl/N-ethyl adjacent to an activating group) is 1. The SMILES string of the molecule is CCOc1cccc(N2CCC(NC)C2=O)c1. The van der Waals surface area contributed by atoms with Crippen LogP contribution in [0.25, 0.3) is 0 Å². The molecule has 1 N–H and O–H groups in total. The Labute approximate surface area is 102 Å². The van der Waals surface area contributed by atoms with E-state index in [4.69, 9.17) is 4.74 Å². The Morgan fingerprint density at radius 2 is 2.35 bits per heavy atom. The number of carbonyl (C=O) groups is 1. The number of hydrogen-bond donors (Lipinski definition) is 1. The summed E-state index contributed by atoms with van der Waals surface area (Å²) < 4.78 is 5.44. The van der Waals surface area contributed by atoms with Crippen LogP contribution in [0.5, 0.6) is 5.75 Å². The molecular formula is C13H18N2O2. The van der Waals surface area contributed by atoms with E-state index in [0.29, 0.717) is 6.61 Å². The fraction of sp³-hybridized carbons (Fsp3) is 0.462. The molecule has 1 amide bonds. The molecule has 0 aliphatic carbocycles. The Morgan fingerprint density at radius 3 is 3.00 bits per heavy atom. The van der Waals surface area contributed by atoms with E-state index < -0.39 is 0 Å². The van der Waals surface area contributed by atoms with Gasteiger partial charge in [-0.1, -0.05) is 6.07 Å². The Bertz CT molecular complexity index is 406. The van der Waals surface area contributed by atoms with Crippen LogP contribution in [0.3, 0.4) is 0 Å². The fourth-order valence-corrected chi connectivity index (χ4v) is 2.11. The number of rotatable bonds is 4. The number of benzene rings is 1. The number of carbonyl (C=O) groups excluding carboxylic acids is 1. The number of anilines is 1. The lowest BCUT2D eigenvalue weighted by molar-refractivity contribution is -0.118. The van der Waals surface area contributed by atoms with E-state index in [1.165, 1.54) is 0 Å². The summed E-state index contributed by atoms with van der Waals surface area (Å²) in [4.78, 5) is 13.8. The topological polar surface area (TPSA) is 41.6 Å². The maximum atomic E-state index is 12.0. The van der Waals surface area contributed by atoms with Crippen molar-refractivity contribution in [3.8, 4) is 5.75 Å². The van der Waals surface area contributed by atoms with Gasteiger partial charge in [0.05, 0.1) is 12.6 Å². The summed E-state index contributed by atoms with van der Waals surface area (Å²) >= 11 is 0. The average Bonchev–Trinajstić information content (AvgIpc) is 2.71. The summed E-state index contributed by atoms with van der Waals surface area (Å²) in [6.07, 6.45) is 0.855. The quantitative estimate of drug-likeness (QED) is 0.856. The fourth-order valence-electron chi connectivity index (χ4n) is 2.11. The first-order valence-electron chi connectivity index (χ1n) is 5.97. The van der Waals surface area contributed by atoms with E-state index in [1.807, 2.05) is 43.1 Å². The van der Waals surface area contributed by atoms with Gasteiger partial charge in [0.2, 0.25) is 5.91 Å². The lowest BCUT2D eigenvalue weighted by atomic mass is 10.2. The highest BCUT2D eigenvalue weighted by atomic mass is 16.5. The molecule has 1 aromatic rings. The van der Waals surface area contributed by atoms with Crippen molar-refractivity contribution in [3.63, 3.8) is 0 Å². The third-order valence-corrected chi connectivity index (χ3v) is 2.99. The monoisotopic (exact) mass is 234 g/mol. The second-order valence-corrected chi connectivity index (χ2v) is 4.05. The molecule has 92 valence electrons. The maximum absolute atomic E-state index is 12.0. The first kappa shape index (κ1) is 11.9. The lowest BCUT2D eigenvalue weighted by Gasteiger charge is -2.17. The van der Waals surface area contributed by atoms with Crippen molar-refractivity contribution in [1.29, 1.82) is 0 Å². The molecule has 1 atom stereocenters. The number of ether oxygens (including phenoxy) is 1. The zero-order valence-corrected chi connectivity index (χ0v) is 10.3. The highest BCUT2D eigenvalue weighted by Gasteiger charge is 2.31. The van der Waals surface area contributed by atoms with Crippen molar-refractivity contribution < 1.29 is 9.53 Å². The predicted molar refractivity (Wildman–Crippen MR) is 67.4 cm³/mol. The third kappa shape index (κ3) is 2.42. The van der Waals surface area contributed by atoms with Crippen molar-refractivity contribution in [1.82, 2.24) is 5.32 Å². The van der Waals surface area contributed by atoms with Crippen LogP contribution in [0.4, 0.5) is 5.69 Å². The van der Waals surface area contributed by atoms with Gasteiger partial charge >= 0.3 is 0 Å². The van der Waals surface area contributed by atoms with Gasteiger partial charge in [-0.25, -0.2) is 0 Å². The van der Waals surface area contributed by atoms with E-state index >= 15 is 0 Å². The molecule has 17 heavy (non-hydrogen) atoms. The van der Waals surface area contributed by atoms with E-state index in [1.54, 1.807) is 0 Å². The first-order valence-corrected chi connectivity index (χ1v) is 5.97. The maximum Gasteiger partial charge on any atom is 0.244 e. The van der Waals surface area contributed by atoms with E-state index in [2.05, 4.69) is 5.32 Å². The Morgan fingerprint density at radius 1 is 1.53 bits per heavy atom. The summed E-state index contributed by atoms with van der Waals surface area (Å²) in [5, 5.41) is 3.03. The van der Waals surface area contributed by atoms with E-state index in [-0.39, 0.29) is 11.9 Å². The smallest absolute Gasteiger partial charge is 0.244 e. The number of nitrogens with one attached hydrogen (secondary N) is 1. The summed E-state index contributed by atoms with van der Waals surface area (Å²) in [7, 11) is 1.82. The summed E-state index contributed by atoms with van der Waals surface area (Å²) in [5.74, 6) is 0.951. The number of hydrogen-bond acceptors (Lipinski definition) is 3. The molecule has 0 bridgehead atoms. The zero-order valence-electron chi connectivity index (χ0n) is 10.3. The molecule has 1 aromatic carbocycles. The minimum atomic E-state index is -0.0502. The van der Waals surface area contributed by atoms with Crippen LogP contribution in [0.2, 0.25) is 0 Å². The van der Waals surface area contributed by atoms with E-state index in [0.717, 1.165) is 24.4 Å². The van der Waals surface area contributed by atoms with Crippen LogP contribution in [0, 0.1) is 0 Å². The molecule has 0 radical (unpaired) electrons.